The molecule has 1 atom stereocenters. The van der Waals surface area contributed by atoms with Gasteiger partial charge in [0.05, 0.1) is 0 Å². The second-order valence-electron chi connectivity index (χ2n) is 3.33. The Morgan fingerprint density at radius 3 is 2.82 bits per heavy atom. The van der Waals surface area contributed by atoms with Crippen LogP contribution in [-0.2, 0) is 0 Å². The van der Waals surface area contributed by atoms with Gasteiger partial charge in [-0.1, -0.05) is 6.92 Å². The van der Waals surface area contributed by atoms with Crippen LogP contribution in [0, 0.1) is 0 Å². The molecule has 1 unspecified atom stereocenters. The van der Waals surface area contributed by atoms with Crippen LogP contribution >= 0.6 is 11.8 Å². The summed E-state index contributed by atoms with van der Waals surface area (Å²) in [5.41, 5.74) is 0. The molecule has 2 heteroatoms. The molecule has 1 rings (SSSR count). The lowest BCUT2D eigenvalue weighted by atomic mass is 10.2. The van der Waals surface area contributed by atoms with Crippen LogP contribution in [0.3, 0.4) is 0 Å². The van der Waals surface area contributed by atoms with Crippen molar-refractivity contribution in [1.82, 2.24) is 5.32 Å². The number of hydrogen-bond donors (Lipinski definition) is 1. The third kappa shape index (κ3) is 4.70. The first kappa shape index (κ1) is 9.40. The van der Waals surface area contributed by atoms with Crippen LogP contribution in [0.15, 0.2) is 0 Å². The number of nitrogens with one attached hydrogen (secondary N) is 1. The summed E-state index contributed by atoms with van der Waals surface area (Å²) in [5, 5.41) is 3.60. The third-order valence-electron chi connectivity index (χ3n) is 2.00. The summed E-state index contributed by atoms with van der Waals surface area (Å²) in [4.78, 5) is 0. The number of thioether (sulfide) groups is 1. The molecule has 11 heavy (non-hydrogen) atoms. The van der Waals surface area contributed by atoms with Crippen molar-refractivity contribution in [3.8, 4) is 0 Å². The van der Waals surface area contributed by atoms with E-state index >= 15 is 0 Å². The van der Waals surface area contributed by atoms with Crippen LogP contribution in [0.5, 0.6) is 0 Å². The molecule has 0 aromatic carbocycles. The fourth-order valence-electron chi connectivity index (χ4n) is 1.14. The van der Waals surface area contributed by atoms with E-state index in [4.69, 9.17) is 0 Å². The fraction of sp³-hybridized carbons (Fsp3) is 1.00. The van der Waals surface area contributed by atoms with Crippen molar-refractivity contribution in [2.45, 2.75) is 45.2 Å². The molecular weight excluding hydrogens is 154 g/mol. The Kier molecular flexibility index (Phi) is 4.31. The molecule has 66 valence electrons. The van der Waals surface area contributed by atoms with Crippen LogP contribution in [0.1, 0.15) is 33.1 Å². The highest BCUT2D eigenvalue weighted by Gasteiger charge is 2.22. The molecular formula is C9H19NS. The fourth-order valence-corrected chi connectivity index (χ4v) is 1.95. The second-order valence-corrected chi connectivity index (χ2v) is 4.72. The van der Waals surface area contributed by atoms with Crippen molar-refractivity contribution >= 4 is 11.8 Å². The van der Waals surface area contributed by atoms with Crippen molar-refractivity contribution in [2.75, 3.05) is 11.5 Å². The average molecular weight is 173 g/mol. The van der Waals surface area contributed by atoms with Crippen LogP contribution in [-0.4, -0.2) is 23.6 Å². The smallest absolute Gasteiger partial charge is 0.00707 e. The molecule has 0 aliphatic heterocycles. The van der Waals surface area contributed by atoms with Crippen molar-refractivity contribution in [2.24, 2.45) is 0 Å². The monoisotopic (exact) mass is 173 g/mol. The molecule has 0 amide bonds. The Morgan fingerprint density at radius 2 is 2.27 bits per heavy atom. The van der Waals surface area contributed by atoms with Gasteiger partial charge in [-0.2, -0.15) is 11.8 Å². The van der Waals surface area contributed by atoms with Gasteiger partial charge in [0.25, 0.3) is 0 Å². The van der Waals surface area contributed by atoms with E-state index in [0.29, 0.717) is 0 Å². The summed E-state index contributed by atoms with van der Waals surface area (Å²) in [6.07, 6.45) is 4.14. The van der Waals surface area contributed by atoms with Gasteiger partial charge in [0.15, 0.2) is 0 Å². The molecule has 0 saturated heterocycles. The summed E-state index contributed by atoms with van der Waals surface area (Å²) in [7, 11) is 0. The van der Waals surface area contributed by atoms with Crippen LogP contribution in [0.25, 0.3) is 0 Å². The highest BCUT2D eigenvalue weighted by Crippen LogP contribution is 2.20. The Morgan fingerprint density at radius 1 is 1.55 bits per heavy atom. The lowest BCUT2D eigenvalue weighted by Crippen LogP contribution is -2.28. The topological polar surface area (TPSA) is 12.0 Å². The van der Waals surface area contributed by atoms with E-state index in [2.05, 4.69) is 19.2 Å². The van der Waals surface area contributed by atoms with Gasteiger partial charge < -0.3 is 5.32 Å². The van der Waals surface area contributed by atoms with Crippen molar-refractivity contribution < 1.29 is 0 Å². The summed E-state index contributed by atoms with van der Waals surface area (Å²) in [6.45, 7) is 4.53. The normalized spacial score (nSPS) is 20.2. The van der Waals surface area contributed by atoms with Crippen molar-refractivity contribution in [3.05, 3.63) is 0 Å². The van der Waals surface area contributed by atoms with Gasteiger partial charge >= 0.3 is 0 Å². The molecule has 1 fully saturated rings. The van der Waals surface area contributed by atoms with Crippen LogP contribution < -0.4 is 5.32 Å². The molecule has 0 bridgehead atoms. The van der Waals surface area contributed by atoms with Gasteiger partial charge in [-0.05, 0) is 37.7 Å². The van der Waals surface area contributed by atoms with Crippen LogP contribution in [0.2, 0.25) is 0 Å². The van der Waals surface area contributed by atoms with Gasteiger partial charge in [-0.3, -0.25) is 0 Å². The standard InChI is InChI=1S/C9H19NS/c1-3-11-7-6-8(2)10-9-4-5-9/h8-10H,3-7H2,1-2H3. The van der Waals surface area contributed by atoms with Crippen molar-refractivity contribution in [3.63, 3.8) is 0 Å². The SMILES string of the molecule is CCSCCC(C)NC1CC1. The first-order chi connectivity index (χ1) is 5.33. The Labute approximate surface area is 74.3 Å². The predicted molar refractivity (Wildman–Crippen MR) is 53.2 cm³/mol. The van der Waals surface area contributed by atoms with Gasteiger partial charge in [-0.25, -0.2) is 0 Å². The zero-order valence-corrected chi connectivity index (χ0v) is 8.41. The minimum atomic E-state index is 0.738. The summed E-state index contributed by atoms with van der Waals surface area (Å²) in [6, 6.07) is 1.61. The van der Waals surface area contributed by atoms with E-state index in [1.54, 1.807) is 0 Å². The lowest BCUT2D eigenvalue weighted by Gasteiger charge is -2.11. The first-order valence-electron chi connectivity index (χ1n) is 4.66. The summed E-state index contributed by atoms with van der Waals surface area (Å²) >= 11 is 2.04. The van der Waals surface area contributed by atoms with E-state index in [0.717, 1.165) is 12.1 Å². The first-order valence-corrected chi connectivity index (χ1v) is 5.82. The highest BCUT2D eigenvalue weighted by molar-refractivity contribution is 7.99. The maximum atomic E-state index is 3.60. The maximum Gasteiger partial charge on any atom is 0.00707 e. The molecule has 0 spiro atoms. The lowest BCUT2D eigenvalue weighted by molar-refractivity contribution is 0.534. The van der Waals surface area contributed by atoms with E-state index in [9.17, 15) is 0 Å². The molecule has 1 aliphatic rings. The van der Waals surface area contributed by atoms with Gasteiger partial charge in [0.1, 0.15) is 0 Å². The molecule has 1 aliphatic carbocycles. The molecule has 0 aromatic heterocycles. The van der Waals surface area contributed by atoms with Gasteiger partial charge in [0.2, 0.25) is 0 Å². The minimum Gasteiger partial charge on any atom is -0.311 e. The van der Waals surface area contributed by atoms with E-state index < -0.39 is 0 Å². The average Bonchev–Trinajstić information content (AvgIpc) is 2.72. The molecule has 0 heterocycles. The minimum absolute atomic E-state index is 0.738. The molecule has 0 aromatic rings. The van der Waals surface area contributed by atoms with Crippen molar-refractivity contribution in [1.29, 1.82) is 0 Å². The van der Waals surface area contributed by atoms with Crippen LogP contribution in [0.4, 0.5) is 0 Å². The zero-order valence-electron chi connectivity index (χ0n) is 7.60. The number of hydrogen-bond acceptors (Lipinski definition) is 2. The third-order valence-corrected chi connectivity index (χ3v) is 2.93. The zero-order chi connectivity index (χ0) is 8.10. The number of rotatable bonds is 6. The van der Waals surface area contributed by atoms with E-state index in [-0.39, 0.29) is 0 Å². The molecule has 1 saturated carbocycles. The summed E-state index contributed by atoms with van der Waals surface area (Å²) in [5.74, 6) is 2.58. The predicted octanol–water partition coefficient (Wildman–Crippen LogP) is 2.27. The second kappa shape index (κ2) is 5.04. The largest absolute Gasteiger partial charge is 0.311 e. The van der Waals surface area contributed by atoms with Gasteiger partial charge in [0, 0.05) is 12.1 Å². The summed E-state index contributed by atoms with van der Waals surface area (Å²) < 4.78 is 0. The molecule has 0 radical (unpaired) electrons. The Balaban J connectivity index is 1.87. The molecule has 1 N–H and O–H groups in total. The van der Waals surface area contributed by atoms with E-state index in [1.165, 1.54) is 30.8 Å². The van der Waals surface area contributed by atoms with Gasteiger partial charge in [-0.15, -0.1) is 0 Å². The highest BCUT2D eigenvalue weighted by atomic mass is 32.2. The quantitative estimate of drug-likeness (QED) is 0.618. The Hall–Kier alpha value is 0.310. The molecule has 1 nitrogen and oxygen atoms in total. The Bertz CT molecular complexity index is 102. The van der Waals surface area contributed by atoms with E-state index in [1.807, 2.05) is 11.8 Å². The maximum absolute atomic E-state index is 3.60.